The van der Waals surface area contributed by atoms with Crippen molar-refractivity contribution in [3.8, 4) is 0 Å². The molecule has 3 nitrogen and oxygen atoms in total. The van der Waals surface area contributed by atoms with E-state index in [1.165, 1.54) is 62.4 Å². The van der Waals surface area contributed by atoms with Crippen molar-refractivity contribution >= 4 is 11.3 Å². The fourth-order valence-corrected chi connectivity index (χ4v) is 5.02. The fourth-order valence-electron chi connectivity index (χ4n) is 4.19. The lowest BCUT2D eigenvalue weighted by Crippen LogP contribution is -2.50. The van der Waals surface area contributed by atoms with E-state index in [1.807, 2.05) is 11.3 Å². The van der Waals surface area contributed by atoms with E-state index < -0.39 is 0 Å². The Balaban J connectivity index is 1.54. The van der Waals surface area contributed by atoms with Crippen LogP contribution in [0.25, 0.3) is 0 Å². The first-order chi connectivity index (χ1) is 10.6. The molecule has 2 fully saturated rings. The summed E-state index contributed by atoms with van der Waals surface area (Å²) in [6.45, 7) is 9.38. The standard InChI is InChI=1S/C18H31N3S/c1-14(2)18-19-16(13-22-18)12-20(3)11-15-7-6-10-21-9-5-4-8-17(15)21/h13-15,17H,4-12H2,1-3H3/t15-,17+/m0/s1. The second kappa shape index (κ2) is 7.41. The van der Waals surface area contributed by atoms with Gasteiger partial charge in [0.25, 0.3) is 0 Å². The van der Waals surface area contributed by atoms with Crippen molar-refractivity contribution in [2.45, 2.75) is 64.5 Å². The van der Waals surface area contributed by atoms with Crippen molar-refractivity contribution in [3.63, 3.8) is 0 Å². The Morgan fingerprint density at radius 2 is 2.09 bits per heavy atom. The van der Waals surface area contributed by atoms with Crippen LogP contribution in [0.4, 0.5) is 0 Å². The molecule has 2 atom stereocenters. The summed E-state index contributed by atoms with van der Waals surface area (Å²) in [4.78, 5) is 10.1. The molecular weight excluding hydrogens is 290 g/mol. The molecule has 124 valence electrons. The Labute approximate surface area is 139 Å². The van der Waals surface area contributed by atoms with Gasteiger partial charge in [0.15, 0.2) is 0 Å². The van der Waals surface area contributed by atoms with Crippen LogP contribution in [0.5, 0.6) is 0 Å². The molecule has 0 spiro atoms. The average Bonchev–Trinajstić information content (AvgIpc) is 2.96. The van der Waals surface area contributed by atoms with E-state index in [9.17, 15) is 0 Å². The number of hydrogen-bond acceptors (Lipinski definition) is 4. The van der Waals surface area contributed by atoms with Gasteiger partial charge in [-0.3, -0.25) is 0 Å². The minimum Gasteiger partial charge on any atom is -0.300 e. The molecule has 0 saturated carbocycles. The molecule has 2 aliphatic rings. The summed E-state index contributed by atoms with van der Waals surface area (Å²) in [6.07, 6.45) is 7.08. The molecule has 3 heterocycles. The summed E-state index contributed by atoms with van der Waals surface area (Å²) >= 11 is 1.82. The lowest BCUT2D eigenvalue weighted by molar-refractivity contribution is 0.0433. The topological polar surface area (TPSA) is 19.4 Å². The first-order valence-corrected chi connectivity index (χ1v) is 9.88. The third-order valence-electron chi connectivity index (χ3n) is 5.27. The molecule has 1 aromatic heterocycles. The summed E-state index contributed by atoms with van der Waals surface area (Å²) in [5.74, 6) is 1.42. The van der Waals surface area contributed by atoms with Crippen molar-refractivity contribution in [1.82, 2.24) is 14.8 Å². The third-order valence-corrected chi connectivity index (χ3v) is 6.46. The number of hydrogen-bond donors (Lipinski definition) is 0. The van der Waals surface area contributed by atoms with Crippen LogP contribution in [0.3, 0.4) is 0 Å². The van der Waals surface area contributed by atoms with Crippen LogP contribution in [0, 0.1) is 5.92 Å². The Morgan fingerprint density at radius 3 is 2.86 bits per heavy atom. The van der Waals surface area contributed by atoms with Gasteiger partial charge in [0.2, 0.25) is 0 Å². The van der Waals surface area contributed by atoms with Crippen LogP contribution in [-0.2, 0) is 6.54 Å². The quantitative estimate of drug-likeness (QED) is 0.818. The molecule has 0 N–H and O–H groups in total. The first kappa shape index (κ1) is 16.4. The zero-order valence-corrected chi connectivity index (χ0v) is 15.2. The van der Waals surface area contributed by atoms with Crippen LogP contribution in [0.2, 0.25) is 0 Å². The predicted molar refractivity (Wildman–Crippen MR) is 94.5 cm³/mol. The Bertz CT molecular complexity index is 469. The summed E-state index contributed by atoms with van der Waals surface area (Å²) in [6, 6.07) is 0.853. The molecule has 3 rings (SSSR count). The summed E-state index contributed by atoms with van der Waals surface area (Å²) in [5, 5.41) is 3.53. The normalized spacial score (nSPS) is 26.6. The van der Waals surface area contributed by atoms with E-state index in [0.717, 1.165) is 18.5 Å². The van der Waals surface area contributed by atoms with Gasteiger partial charge in [-0.05, 0) is 51.7 Å². The van der Waals surface area contributed by atoms with Crippen LogP contribution in [0.1, 0.15) is 62.6 Å². The number of aromatic nitrogens is 1. The fraction of sp³-hybridized carbons (Fsp3) is 0.833. The first-order valence-electron chi connectivity index (χ1n) is 9.00. The molecule has 0 radical (unpaired) electrons. The zero-order valence-electron chi connectivity index (χ0n) is 14.4. The molecule has 0 aromatic carbocycles. The van der Waals surface area contributed by atoms with Crippen LogP contribution < -0.4 is 0 Å². The maximum absolute atomic E-state index is 4.79. The monoisotopic (exact) mass is 321 g/mol. The highest BCUT2D eigenvalue weighted by Gasteiger charge is 2.33. The molecule has 0 unspecified atom stereocenters. The van der Waals surface area contributed by atoms with Gasteiger partial charge in [-0.2, -0.15) is 0 Å². The number of nitrogens with zero attached hydrogens (tertiary/aromatic N) is 3. The molecule has 0 bridgehead atoms. The maximum Gasteiger partial charge on any atom is 0.0954 e. The zero-order chi connectivity index (χ0) is 15.5. The average molecular weight is 322 g/mol. The summed E-state index contributed by atoms with van der Waals surface area (Å²) < 4.78 is 0. The molecule has 1 aromatic rings. The number of thiazole rings is 1. The van der Waals surface area contributed by atoms with Crippen molar-refractivity contribution in [1.29, 1.82) is 0 Å². The van der Waals surface area contributed by atoms with Crippen molar-refractivity contribution in [3.05, 3.63) is 16.1 Å². The molecule has 0 aliphatic carbocycles. The Morgan fingerprint density at radius 1 is 1.27 bits per heavy atom. The van der Waals surface area contributed by atoms with Gasteiger partial charge < -0.3 is 9.80 Å². The molecule has 2 saturated heterocycles. The van der Waals surface area contributed by atoms with E-state index in [-0.39, 0.29) is 0 Å². The highest BCUT2D eigenvalue weighted by Crippen LogP contribution is 2.31. The van der Waals surface area contributed by atoms with E-state index in [4.69, 9.17) is 4.98 Å². The summed E-state index contributed by atoms with van der Waals surface area (Å²) in [5.41, 5.74) is 1.26. The summed E-state index contributed by atoms with van der Waals surface area (Å²) in [7, 11) is 2.27. The van der Waals surface area contributed by atoms with Crippen LogP contribution in [0.15, 0.2) is 5.38 Å². The highest BCUT2D eigenvalue weighted by molar-refractivity contribution is 7.09. The number of piperidine rings is 2. The van der Waals surface area contributed by atoms with E-state index in [0.29, 0.717) is 5.92 Å². The Kier molecular flexibility index (Phi) is 5.53. The van der Waals surface area contributed by atoms with Gasteiger partial charge in [0.1, 0.15) is 0 Å². The van der Waals surface area contributed by atoms with Gasteiger partial charge in [0, 0.05) is 30.4 Å². The van der Waals surface area contributed by atoms with Crippen LogP contribution in [-0.4, -0.2) is 47.5 Å². The Hall–Kier alpha value is -0.450. The minimum absolute atomic E-state index is 0.554. The largest absolute Gasteiger partial charge is 0.300 e. The van der Waals surface area contributed by atoms with Gasteiger partial charge in [-0.1, -0.05) is 20.3 Å². The van der Waals surface area contributed by atoms with Crippen LogP contribution >= 0.6 is 11.3 Å². The minimum atomic E-state index is 0.554. The molecule has 0 amide bonds. The third kappa shape index (κ3) is 3.90. The number of fused-ring (bicyclic) bond motifs is 1. The van der Waals surface area contributed by atoms with Crippen molar-refractivity contribution in [2.75, 3.05) is 26.7 Å². The highest BCUT2D eigenvalue weighted by atomic mass is 32.1. The van der Waals surface area contributed by atoms with E-state index in [2.05, 4.69) is 36.1 Å². The molecular formula is C18H31N3S. The predicted octanol–water partition coefficient (Wildman–Crippen LogP) is 3.96. The molecule has 2 aliphatic heterocycles. The maximum atomic E-state index is 4.79. The van der Waals surface area contributed by atoms with Gasteiger partial charge >= 0.3 is 0 Å². The van der Waals surface area contributed by atoms with E-state index >= 15 is 0 Å². The van der Waals surface area contributed by atoms with Crippen molar-refractivity contribution in [2.24, 2.45) is 5.92 Å². The second-order valence-corrected chi connectivity index (χ2v) is 8.42. The number of rotatable bonds is 5. The van der Waals surface area contributed by atoms with E-state index in [1.54, 1.807) is 0 Å². The smallest absolute Gasteiger partial charge is 0.0954 e. The SMILES string of the molecule is CC(C)c1nc(CN(C)C[C@@H]2CCCN3CCCC[C@H]23)cs1. The molecule has 22 heavy (non-hydrogen) atoms. The lowest BCUT2D eigenvalue weighted by atomic mass is 9.83. The lowest BCUT2D eigenvalue weighted by Gasteiger charge is -2.45. The van der Waals surface area contributed by atoms with Crippen molar-refractivity contribution < 1.29 is 0 Å². The molecule has 4 heteroatoms. The van der Waals surface area contributed by atoms with Gasteiger partial charge in [0.05, 0.1) is 10.7 Å². The van der Waals surface area contributed by atoms with Gasteiger partial charge in [-0.15, -0.1) is 11.3 Å². The second-order valence-electron chi connectivity index (χ2n) is 7.53. The van der Waals surface area contributed by atoms with Gasteiger partial charge in [-0.25, -0.2) is 4.98 Å².